The Labute approximate surface area is 57.2 Å². The number of aliphatic carboxylic acids is 1. The fourth-order valence-corrected chi connectivity index (χ4v) is 0.297. The highest BCUT2D eigenvalue weighted by molar-refractivity contribution is 5.70. The zero-order valence-corrected chi connectivity index (χ0v) is 5.35. The Hall–Kier alpha value is -1.10. The summed E-state index contributed by atoms with van der Waals surface area (Å²) in [4.78, 5) is 19.6. The summed E-state index contributed by atoms with van der Waals surface area (Å²) in [6.07, 6.45) is -1.56. The van der Waals surface area contributed by atoms with E-state index in [1.54, 1.807) is 0 Å². The molecule has 10 heavy (non-hydrogen) atoms. The minimum atomic E-state index is -1.56. The number of ether oxygens (including phenoxy) is 1. The Kier molecular flexibility index (Phi) is 3.42. The molecule has 0 fully saturated rings. The molecule has 0 aliphatic carbocycles. The van der Waals surface area contributed by atoms with E-state index in [4.69, 9.17) is 10.2 Å². The third kappa shape index (κ3) is 2.45. The van der Waals surface area contributed by atoms with Crippen LogP contribution in [0.25, 0.3) is 0 Å². The first-order valence-corrected chi connectivity index (χ1v) is 2.59. The van der Waals surface area contributed by atoms with Gasteiger partial charge in [-0.15, -0.1) is 0 Å². The summed E-state index contributed by atoms with van der Waals surface area (Å²) < 4.78 is 3.96. The molecule has 0 unspecified atom stereocenters. The van der Waals surface area contributed by atoms with Crippen LogP contribution in [0.5, 0.6) is 0 Å². The van der Waals surface area contributed by atoms with Crippen LogP contribution in [0.15, 0.2) is 0 Å². The molecule has 2 N–H and O–H groups in total. The summed E-state index contributed by atoms with van der Waals surface area (Å²) in [5.41, 5.74) is 0. The highest BCUT2D eigenvalue weighted by Gasteiger charge is 2.21. The van der Waals surface area contributed by atoms with Crippen LogP contribution in [0, 0.1) is 5.92 Å². The molecule has 5 nitrogen and oxygen atoms in total. The monoisotopic (exact) mass is 148 g/mol. The molecular weight excluding hydrogens is 140 g/mol. The number of hydrogen-bond donors (Lipinski definition) is 2. The quantitative estimate of drug-likeness (QED) is 0.402. The number of carboxylic acid groups (broad SMARTS) is 1. The second kappa shape index (κ2) is 3.84. The van der Waals surface area contributed by atoms with E-state index in [1.807, 2.05) is 0 Å². The van der Waals surface area contributed by atoms with E-state index < -0.39 is 18.2 Å². The second-order valence-corrected chi connectivity index (χ2v) is 1.75. The van der Waals surface area contributed by atoms with Crippen LogP contribution in [-0.4, -0.2) is 28.9 Å². The van der Waals surface area contributed by atoms with Crippen molar-refractivity contribution in [3.63, 3.8) is 0 Å². The summed E-state index contributed by atoms with van der Waals surface area (Å²) >= 11 is 0. The average Bonchev–Trinajstić information content (AvgIpc) is 1.87. The predicted octanol–water partition coefficient (Wildman–Crippen LogP) is -0.802. The number of aliphatic hydroxyl groups excluding tert-OH is 1. The van der Waals surface area contributed by atoms with Gasteiger partial charge in [-0.05, 0) is 6.92 Å². The van der Waals surface area contributed by atoms with Crippen LogP contribution in [-0.2, 0) is 14.3 Å². The lowest BCUT2D eigenvalue weighted by Gasteiger charge is -2.11. The van der Waals surface area contributed by atoms with E-state index in [9.17, 15) is 9.59 Å². The molecule has 0 rings (SSSR count). The molecule has 0 heterocycles. The third-order valence-electron chi connectivity index (χ3n) is 1.01. The van der Waals surface area contributed by atoms with Crippen LogP contribution in [0.3, 0.4) is 0 Å². The lowest BCUT2D eigenvalue weighted by Crippen LogP contribution is -2.27. The molecular formula is C5H8O5. The topological polar surface area (TPSA) is 83.8 Å². The van der Waals surface area contributed by atoms with E-state index in [-0.39, 0.29) is 6.47 Å². The van der Waals surface area contributed by atoms with E-state index in [2.05, 4.69) is 4.74 Å². The Morgan fingerprint density at radius 1 is 1.70 bits per heavy atom. The van der Waals surface area contributed by atoms with Crippen molar-refractivity contribution < 1.29 is 24.5 Å². The Bertz CT molecular complexity index is 132. The largest absolute Gasteiger partial charge is 0.481 e. The average molecular weight is 148 g/mol. The lowest BCUT2D eigenvalue weighted by atomic mass is 10.2. The third-order valence-corrected chi connectivity index (χ3v) is 1.01. The Morgan fingerprint density at radius 3 is 2.50 bits per heavy atom. The molecule has 0 aliphatic heterocycles. The molecule has 0 saturated heterocycles. The SMILES string of the molecule is C[C@H](C(=O)O)[C@H](O)OC=O. The molecule has 0 radical (unpaired) electrons. The van der Waals surface area contributed by atoms with Crippen LogP contribution in [0.4, 0.5) is 0 Å². The molecule has 0 saturated carbocycles. The fourth-order valence-electron chi connectivity index (χ4n) is 0.297. The molecule has 0 aromatic carbocycles. The molecule has 0 aliphatic rings. The highest BCUT2D eigenvalue weighted by atomic mass is 16.6. The first-order chi connectivity index (χ1) is 4.59. The first-order valence-electron chi connectivity index (χ1n) is 2.59. The zero-order chi connectivity index (χ0) is 8.15. The Morgan fingerprint density at radius 2 is 2.20 bits per heavy atom. The van der Waals surface area contributed by atoms with Gasteiger partial charge < -0.3 is 14.9 Å². The maximum absolute atomic E-state index is 10.1. The van der Waals surface area contributed by atoms with Crippen LogP contribution >= 0.6 is 0 Å². The number of hydrogen-bond acceptors (Lipinski definition) is 4. The first kappa shape index (κ1) is 8.90. The zero-order valence-electron chi connectivity index (χ0n) is 5.35. The van der Waals surface area contributed by atoms with Gasteiger partial charge in [0.25, 0.3) is 6.47 Å². The molecule has 0 spiro atoms. The maximum Gasteiger partial charge on any atom is 0.312 e. The molecule has 0 aromatic rings. The van der Waals surface area contributed by atoms with E-state index in [0.717, 1.165) is 0 Å². The lowest BCUT2D eigenvalue weighted by molar-refractivity contribution is -0.171. The van der Waals surface area contributed by atoms with Gasteiger partial charge in [-0.3, -0.25) is 9.59 Å². The van der Waals surface area contributed by atoms with Crippen molar-refractivity contribution in [1.82, 2.24) is 0 Å². The van der Waals surface area contributed by atoms with Crippen molar-refractivity contribution in [3.05, 3.63) is 0 Å². The van der Waals surface area contributed by atoms with Gasteiger partial charge in [0.1, 0.15) is 5.92 Å². The van der Waals surface area contributed by atoms with Gasteiger partial charge >= 0.3 is 5.97 Å². The van der Waals surface area contributed by atoms with E-state index >= 15 is 0 Å². The van der Waals surface area contributed by atoms with Gasteiger partial charge in [-0.2, -0.15) is 0 Å². The predicted molar refractivity (Wildman–Crippen MR) is 30.0 cm³/mol. The molecule has 5 heteroatoms. The van der Waals surface area contributed by atoms with Gasteiger partial charge in [-0.25, -0.2) is 0 Å². The van der Waals surface area contributed by atoms with Crippen molar-refractivity contribution in [2.75, 3.05) is 0 Å². The van der Waals surface area contributed by atoms with Gasteiger partial charge in [-0.1, -0.05) is 0 Å². The van der Waals surface area contributed by atoms with E-state index in [1.165, 1.54) is 6.92 Å². The molecule has 0 bridgehead atoms. The maximum atomic E-state index is 10.1. The second-order valence-electron chi connectivity index (χ2n) is 1.75. The van der Waals surface area contributed by atoms with Crippen LogP contribution in [0.2, 0.25) is 0 Å². The summed E-state index contributed by atoms with van der Waals surface area (Å²) in [6, 6.07) is 0. The number of carboxylic acids is 1. The summed E-state index contributed by atoms with van der Waals surface area (Å²) in [6.45, 7) is 1.24. The molecule has 2 atom stereocenters. The van der Waals surface area contributed by atoms with Crippen molar-refractivity contribution in [3.8, 4) is 0 Å². The molecule has 0 amide bonds. The molecule has 0 aromatic heterocycles. The van der Waals surface area contributed by atoms with E-state index in [0.29, 0.717) is 0 Å². The van der Waals surface area contributed by atoms with Gasteiger partial charge in [0, 0.05) is 0 Å². The van der Waals surface area contributed by atoms with Crippen molar-refractivity contribution in [1.29, 1.82) is 0 Å². The minimum Gasteiger partial charge on any atom is -0.481 e. The normalized spacial score (nSPS) is 15.4. The van der Waals surface area contributed by atoms with Gasteiger partial charge in [0.05, 0.1) is 0 Å². The Balaban J connectivity index is 3.80. The van der Waals surface area contributed by atoms with Gasteiger partial charge in [0.2, 0.25) is 6.29 Å². The van der Waals surface area contributed by atoms with Crippen LogP contribution < -0.4 is 0 Å². The van der Waals surface area contributed by atoms with Crippen molar-refractivity contribution >= 4 is 12.4 Å². The van der Waals surface area contributed by atoms with Crippen molar-refractivity contribution in [2.45, 2.75) is 13.2 Å². The molecule has 58 valence electrons. The smallest absolute Gasteiger partial charge is 0.312 e. The summed E-state index contributed by atoms with van der Waals surface area (Å²) in [5, 5.41) is 16.9. The summed E-state index contributed by atoms with van der Waals surface area (Å²) in [5.74, 6) is -2.31. The van der Waals surface area contributed by atoms with Gasteiger partial charge in [0.15, 0.2) is 0 Å². The summed E-state index contributed by atoms with van der Waals surface area (Å²) in [7, 11) is 0. The van der Waals surface area contributed by atoms with Crippen LogP contribution in [0.1, 0.15) is 6.92 Å². The van der Waals surface area contributed by atoms with Crippen molar-refractivity contribution in [2.24, 2.45) is 5.92 Å². The minimum absolute atomic E-state index is 0.00407. The number of aliphatic hydroxyl groups is 1. The number of carbonyl (C=O) groups excluding carboxylic acids is 1. The highest BCUT2D eigenvalue weighted by Crippen LogP contribution is 2.02. The fraction of sp³-hybridized carbons (Fsp3) is 0.600. The number of rotatable bonds is 4. The standard InChI is InChI=1S/C5H8O5/c1-3(4(7)8)5(9)10-2-6/h2-3,5,9H,1H3,(H,7,8)/t3-,5-/m1/s1. The number of carbonyl (C=O) groups is 2.